The van der Waals surface area contributed by atoms with Crippen molar-refractivity contribution in [3.05, 3.63) is 33.8 Å². The number of hydrogen-bond donors (Lipinski definition) is 0. The molecule has 0 saturated carbocycles. The zero-order chi connectivity index (χ0) is 9.68. The molecule has 1 aromatic carbocycles. The van der Waals surface area contributed by atoms with E-state index in [-0.39, 0.29) is 0 Å². The second kappa shape index (κ2) is 5.14. The lowest BCUT2D eigenvalue weighted by molar-refractivity contribution is 0.112. The summed E-state index contributed by atoms with van der Waals surface area (Å²) in [4.78, 5) is 10.5. The van der Waals surface area contributed by atoms with E-state index in [1.165, 1.54) is 0 Å². The van der Waals surface area contributed by atoms with Gasteiger partial charge in [0.2, 0.25) is 0 Å². The van der Waals surface area contributed by atoms with Crippen LogP contribution in [0.25, 0.3) is 0 Å². The van der Waals surface area contributed by atoms with Crippen LogP contribution in [0, 0.1) is 0 Å². The fourth-order valence-electron chi connectivity index (χ4n) is 1.05. The van der Waals surface area contributed by atoms with E-state index >= 15 is 0 Å². The fourth-order valence-corrected chi connectivity index (χ4v) is 1.61. The number of ether oxygens (including phenoxy) is 1. The Morgan fingerprint density at radius 2 is 2.23 bits per heavy atom. The summed E-state index contributed by atoms with van der Waals surface area (Å²) in [7, 11) is 0. The number of aldehydes is 1. The third-order valence-corrected chi connectivity index (χ3v) is 2.05. The molecule has 0 unspecified atom stereocenters. The zero-order valence-corrected chi connectivity index (χ0v) is 9.00. The van der Waals surface area contributed by atoms with E-state index in [9.17, 15) is 4.79 Å². The molecule has 2 nitrogen and oxygen atoms in total. The van der Waals surface area contributed by atoms with Crippen LogP contribution in [0.2, 0.25) is 0 Å². The molecule has 0 spiro atoms. The summed E-state index contributed by atoms with van der Waals surface area (Å²) in [5.74, 6) is 0. The molecule has 0 atom stereocenters. The Hall–Kier alpha value is -0.670. The van der Waals surface area contributed by atoms with Gasteiger partial charge < -0.3 is 4.74 Å². The van der Waals surface area contributed by atoms with Gasteiger partial charge in [0.1, 0.15) is 6.29 Å². The second-order valence-electron chi connectivity index (χ2n) is 2.65. The molecule has 0 aliphatic heterocycles. The lowest BCUT2D eigenvalue weighted by Gasteiger charge is -2.03. The molecular weight excluding hydrogens is 232 g/mol. The van der Waals surface area contributed by atoms with Crippen molar-refractivity contribution in [3.8, 4) is 0 Å². The van der Waals surface area contributed by atoms with Gasteiger partial charge in [0.15, 0.2) is 0 Å². The number of rotatable bonds is 4. The van der Waals surface area contributed by atoms with Crippen LogP contribution in [0.3, 0.4) is 0 Å². The Morgan fingerprint density at radius 1 is 1.46 bits per heavy atom. The standard InChI is InChI=1S/C10H11BrO2/c1-2-13-7-9-3-8(6-12)4-10(11)5-9/h3-6H,2,7H2,1H3. The Labute approximate surface area is 86.0 Å². The van der Waals surface area contributed by atoms with Crippen LogP contribution in [0.15, 0.2) is 22.7 Å². The average Bonchev–Trinajstić information content (AvgIpc) is 2.14. The molecule has 0 heterocycles. The van der Waals surface area contributed by atoms with Crippen LogP contribution in [0.1, 0.15) is 22.8 Å². The van der Waals surface area contributed by atoms with Gasteiger partial charge in [0, 0.05) is 16.6 Å². The van der Waals surface area contributed by atoms with Crippen molar-refractivity contribution in [2.24, 2.45) is 0 Å². The van der Waals surface area contributed by atoms with Crippen molar-refractivity contribution < 1.29 is 9.53 Å². The van der Waals surface area contributed by atoms with E-state index < -0.39 is 0 Å². The van der Waals surface area contributed by atoms with Crippen molar-refractivity contribution >= 4 is 22.2 Å². The van der Waals surface area contributed by atoms with E-state index in [1.807, 2.05) is 19.1 Å². The summed E-state index contributed by atoms with van der Waals surface area (Å²) in [5.41, 5.74) is 1.68. The summed E-state index contributed by atoms with van der Waals surface area (Å²) < 4.78 is 6.15. The normalized spacial score (nSPS) is 10.0. The number of halogens is 1. The summed E-state index contributed by atoms with van der Waals surface area (Å²) in [5, 5.41) is 0. The molecule has 3 heteroatoms. The molecule has 0 radical (unpaired) electrons. The van der Waals surface area contributed by atoms with Gasteiger partial charge in [-0.2, -0.15) is 0 Å². The molecule has 1 rings (SSSR count). The number of carbonyl (C=O) groups is 1. The lowest BCUT2D eigenvalue weighted by atomic mass is 10.1. The molecule has 0 N–H and O–H groups in total. The SMILES string of the molecule is CCOCc1cc(Br)cc(C=O)c1. The third-order valence-electron chi connectivity index (χ3n) is 1.59. The topological polar surface area (TPSA) is 26.3 Å². The van der Waals surface area contributed by atoms with Gasteiger partial charge in [-0.1, -0.05) is 15.9 Å². The van der Waals surface area contributed by atoms with Crippen molar-refractivity contribution in [2.75, 3.05) is 6.61 Å². The van der Waals surface area contributed by atoms with Crippen molar-refractivity contribution in [3.63, 3.8) is 0 Å². The maximum Gasteiger partial charge on any atom is 0.150 e. The predicted octanol–water partition coefficient (Wildman–Crippen LogP) is 2.80. The van der Waals surface area contributed by atoms with Crippen molar-refractivity contribution in [1.29, 1.82) is 0 Å². The lowest BCUT2D eigenvalue weighted by Crippen LogP contribution is -1.93. The highest BCUT2D eigenvalue weighted by Gasteiger charge is 1.98. The Balaban J connectivity index is 2.81. The number of carbonyl (C=O) groups excluding carboxylic acids is 1. The van der Waals surface area contributed by atoms with Gasteiger partial charge in [-0.25, -0.2) is 0 Å². The van der Waals surface area contributed by atoms with Crippen LogP contribution in [-0.2, 0) is 11.3 Å². The molecular formula is C10H11BrO2. The summed E-state index contributed by atoms with van der Waals surface area (Å²) in [6.07, 6.45) is 0.834. The molecule has 0 fully saturated rings. The average molecular weight is 243 g/mol. The quantitative estimate of drug-likeness (QED) is 0.760. The third kappa shape index (κ3) is 3.28. The Bertz CT molecular complexity index is 297. The van der Waals surface area contributed by atoms with Gasteiger partial charge in [0.05, 0.1) is 6.61 Å². The molecule has 0 saturated heterocycles. The number of benzene rings is 1. The van der Waals surface area contributed by atoms with Crippen LogP contribution < -0.4 is 0 Å². The first-order valence-corrected chi connectivity index (χ1v) is 4.88. The van der Waals surface area contributed by atoms with E-state index in [4.69, 9.17) is 4.74 Å². The first-order chi connectivity index (χ1) is 6.26. The zero-order valence-electron chi connectivity index (χ0n) is 7.42. The molecule has 0 amide bonds. The maximum absolute atomic E-state index is 10.5. The van der Waals surface area contributed by atoms with Gasteiger partial charge in [-0.3, -0.25) is 4.79 Å². The largest absolute Gasteiger partial charge is 0.377 e. The van der Waals surface area contributed by atoms with E-state index in [1.54, 1.807) is 6.07 Å². The van der Waals surface area contributed by atoms with Crippen molar-refractivity contribution in [1.82, 2.24) is 0 Å². The van der Waals surface area contributed by atoms with E-state index in [0.717, 1.165) is 16.3 Å². The smallest absolute Gasteiger partial charge is 0.150 e. The Morgan fingerprint density at radius 3 is 2.85 bits per heavy atom. The monoisotopic (exact) mass is 242 g/mol. The van der Waals surface area contributed by atoms with Crippen LogP contribution >= 0.6 is 15.9 Å². The molecule has 0 aromatic heterocycles. The van der Waals surface area contributed by atoms with E-state index in [0.29, 0.717) is 18.8 Å². The second-order valence-corrected chi connectivity index (χ2v) is 3.56. The minimum Gasteiger partial charge on any atom is -0.377 e. The van der Waals surface area contributed by atoms with Gasteiger partial charge in [0.25, 0.3) is 0 Å². The van der Waals surface area contributed by atoms with Gasteiger partial charge in [-0.05, 0) is 30.7 Å². The predicted molar refractivity (Wildman–Crippen MR) is 54.9 cm³/mol. The van der Waals surface area contributed by atoms with Crippen LogP contribution in [0.5, 0.6) is 0 Å². The van der Waals surface area contributed by atoms with Gasteiger partial charge in [-0.15, -0.1) is 0 Å². The maximum atomic E-state index is 10.5. The first-order valence-electron chi connectivity index (χ1n) is 4.08. The minimum absolute atomic E-state index is 0.552. The summed E-state index contributed by atoms with van der Waals surface area (Å²) >= 11 is 3.33. The number of hydrogen-bond acceptors (Lipinski definition) is 2. The molecule has 1 aromatic rings. The van der Waals surface area contributed by atoms with Crippen molar-refractivity contribution in [2.45, 2.75) is 13.5 Å². The van der Waals surface area contributed by atoms with Gasteiger partial charge >= 0.3 is 0 Å². The molecule has 70 valence electrons. The molecule has 13 heavy (non-hydrogen) atoms. The molecule has 0 bridgehead atoms. The molecule has 0 aliphatic carbocycles. The summed E-state index contributed by atoms with van der Waals surface area (Å²) in [6.45, 7) is 3.18. The summed E-state index contributed by atoms with van der Waals surface area (Å²) in [6, 6.07) is 5.55. The highest BCUT2D eigenvalue weighted by Crippen LogP contribution is 2.15. The first kappa shape index (κ1) is 10.4. The minimum atomic E-state index is 0.552. The molecule has 0 aliphatic rings. The fraction of sp³-hybridized carbons (Fsp3) is 0.300. The Kier molecular flexibility index (Phi) is 4.12. The van der Waals surface area contributed by atoms with Crippen LogP contribution in [-0.4, -0.2) is 12.9 Å². The highest BCUT2D eigenvalue weighted by atomic mass is 79.9. The van der Waals surface area contributed by atoms with E-state index in [2.05, 4.69) is 15.9 Å². The highest BCUT2D eigenvalue weighted by molar-refractivity contribution is 9.10. The van der Waals surface area contributed by atoms with Crippen LogP contribution in [0.4, 0.5) is 0 Å².